The van der Waals surface area contributed by atoms with E-state index in [0.717, 1.165) is 17.4 Å². The van der Waals surface area contributed by atoms with E-state index < -0.39 is 0 Å². The highest BCUT2D eigenvalue weighted by Crippen LogP contribution is 2.23. The van der Waals surface area contributed by atoms with E-state index in [0.29, 0.717) is 12.1 Å². The van der Waals surface area contributed by atoms with Crippen LogP contribution in [0.25, 0.3) is 0 Å². The largest absolute Gasteiger partial charge is 0.311 e. The first-order valence-corrected chi connectivity index (χ1v) is 8.03. The summed E-state index contributed by atoms with van der Waals surface area (Å²) in [6.07, 6.45) is 8.01. The maximum Gasteiger partial charge on any atom is 0.0406 e. The average Bonchev–Trinajstić information content (AvgIpc) is 2.58. The summed E-state index contributed by atoms with van der Waals surface area (Å²) in [6, 6.07) is 9.47. The Kier molecular flexibility index (Phi) is 5.72. The Morgan fingerprint density at radius 1 is 1.16 bits per heavy atom. The number of hydrogen-bond acceptors (Lipinski definition) is 1. The van der Waals surface area contributed by atoms with E-state index in [4.69, 9.17) is 11.6 Å². The molecule has 3 atom stereocenters. The molecule has 19 heavy (non-hydrogen) atoms. The van der Waals surface area contributed by atoms with E-state index in [1.54, 1.807) is 0 Å². The monoisotopic (exact) mass is 279 g/mol. The molecule has 1 aliphatic carbocycles. The van der Waals surface area contributed by atoms with Crippen molar-refractivity contribution in [3.05, 3.63) is 34.9 Å². The highest BCUT2D eigenvalue weighted by atomic mass is 35.5. The van der Waals surface area contributed by atoms with Gasteiger partial charge >= 0.3 is 0 Å². The molecule has 1 saturated carbocycles. The van der Waals surface area contributed by atoms with E-state index in [9.17, 15) is 0 Å². The standard InChI is InChI=1S/C17H26ClN/c1-13-6-4-3-5-7-17(13)19-14(2)12-15-8-10-16(18)11-9-15/h8-11,13-14,17,19H,3-7,12H2,1-2H3. The average molecular weight is 280 g/mol. The maximum absolute atomic E-state index is 5.93. The molecule has 0 amide bonds. The number of hydrogen-bond donors (Lipinski definition) is 1. The van der Waals surface area contributed by atoms with Crippen LogP contribution in [0.15, 0.2) is 24.3 Å². The lowest BCUT2D eigenvalue weighted by molar-refractivity contribution is 0.326. The van der Waals surface area contributed by atoms with Gasteiger partial charge in [-0.25, -0.2) is 0 Å². The van der Waals surface area contributed by atoms with Crippen molar-refractivity contribution in [1.29, 1.82) is 0 Å². The second-order valence-corrected chi connectivity index (χ2v) is 6.56. The van der Waals surface area contributed by atoms with E-state index in [2.05, 4.69) is 31.3 Å². The predicted octanol–water partition coefficient (Wildman–Crippen LogP) is 4.83. The van der Waals surface area contributed by atoms with Crippen LogP contribution in [0.2, 0.25) is 5.02 Å². The van der Waals surface area contributed by atoms with Crippen LogP contribution in [-0.2, 0) is 6.42 Å². The first-order chi connectivity index (χ1) is 9.15. The van der Waals surface area contributed by atoms with E-state index >= 15 is 0 Å². The molecular formula is C17H26ClN. The normalized spacial score (nSPS) is 25.8. The van der Waals surface area contributed by atoms with Crippen LogP contribution in [-0.4, -0.2) is 12.1 Å². The summed E-state index contributed by atoms with van der Waals surface area (Å²) in [7, 11) is 0. The minimum Gasteiger partial charge on any atom is -0.311 e. The van der Waals surface area contributed by atoms with Gasteiger partial charge < -0.3 is 5.32 Å². The third-order valence-corrected chi connectivity index (χ3v) is 4.57. The summed E-state index contributed by atoms with van der Waals surface area (Å²) < 4.78 is 0. The Morgan fingerprint density at radius 2 is 1.84 bits per heavy atom. The molecule has 1 aromatic carbocycles. The van der Waals surface area contributed by atoms with Crippen LogP contribution in [0.3, 0.4) is 0 Å². The summed E-state index contributed by atoms with van der Waals surface area (Å²) in [5.74, 6) is 0.815. The fourth-order valence-electron chi connectivity index (χ4n) is 3.14. The molecule has 106 valence electrons. The lowest BCUT2D eigenvalue weighted by Gasteiger charge is -2.27. The third-order valence-electron chi connectivity index (χ3n) is 4.32. The van der Waals surface area contributed by atoms with Crippen molar-refractivity contribution >= 4 is 11.6 Å². The molecule has 1 aromatic rings. The molecular weight excluding hydrogens is 254 g/mol. The molecule has 0 aromatic heterocycles. The van der Waals surface area contributed by atoms with E-state index in [1.165, 1.54) is 37.7 Å². The van der Waals surface area contributed by atoms with Gasteiger partial charge in [-0.2, -0.15) is 0 Å². The zero-order valence-electron chi connectivity index (χ0n) is 12.2. The smallest absolute Gasteiger partial charge is 0.0406 e. The molecule has 0 radical (unpaired) electrons. The van der Waals surface area contributed by atoms with E-state index in [-0.39, 0.29) is 0 Å². The van der Waals surface area contributed by atoms with Gasteiger partial charge in [0, 0.05) is 17.1 Å². The Labute approximate surface area is 122 Å². The minimum atomic E-state index is 0.534. The zero-order chi connectivity index (χ0) is 13.7. The van der Waals surface area contributed by atoms with Crippen LogP contribution in [0.1, 0.15) is 51.5 Å². The highest BCUT2D eigenvalue weighted by Gasteiger charge is 2.21. The molecule has 1 nitrogen and oxygen atoms in total. The fourth-order valence-corrected chi connectivity index (χ4v) is 3.27. The summed E-state index contributed by atoms with van der Waals surface area (Å²) in [5.41, 5.74) is 1.37. The highest BCUT2D eigenvalue weighted by molar-refractivity contribution is 6.30. The van der Waals surface area contributed by atoms with Gasteiger partial charge in [-0.1, -0.05) is 49.9 Å². The molecule has 2 heteroatoms. The van der Waals surface area contributed by atoms with Crippen LogP contribution in [0.5, 0.6) is 0 Å². The van der Waals surface area contributed by atoms with Crippen molar-refractivity contribution in [1.82, 2.24) is 5.32 Å². The van der Waals surface area contributed by atoms with Gasteiger partial charge in [-0.15, -0.1) is 0 Å². The summed E-state index contributed by atoms with van der Waals surface area (Å²) >= 11 is 5.93. The van der Waals surface area contributed by atoms with Crippen LogP contribution >= 0.6 is 11.6 Å². The zero-order valence-corrected chi connectivity index (χ0v) is 12.9. The van der Waals surface area contributed by atoms with Crippen LogP contribution in [0, 0.1) is 5.92 Å². The summed E-state index contributed by atoms with van der Waals surface area (Å²) in [4.78, 5) is 0. The van der Waals surface area contributed by atoms with Gasteiger partial charge in [0.25, 0.3) is 0 Å². The molecule has 3 unspecified atom stereocenters. The van der Waals surface area contributed by atoms with Gasteiger partial charge in [0.15, 0.2) is 0 Å². The van der Waals surface area contributed by atoms with E-state index in [1.807, 2.05) is 12.1 Å². The quantitative estimate of drug-likeness (QED) is 0.779. The summed E-state index contributed by atoms with van der Waals surface area (Å²) in [5, 5.41) is 4.66. The molecule has 1 fully saturated rings. The number of halogens is 1. The second kappa shape index (κ2) is 7.31. The minimum absolute atomic E-state index is 0.534. The van der Waals surface area contributed by atoms with Crippen molar-refractivity contribution in [2.45, 2.75) is 64.5 Å². The molecule has 1 aliphatic rings. The molecule has 0 saturated heterocycles. The predicted molar refractivity (Wildman–Crippen MR) is 83.8 cm³/mol. The SMILES string of the molecule is CC(Cc1ccc(Cl)cc1)NC1CCCCCC1C. The second-order valence-electron chi connectivity index (χ2n) is 6.12. The molecule has 2 rings (SSSR count). The number of benzene rings is 1. The van der Waals surface area contributed by atoms with Gasteiger partial charge in [0.1, 0.15) is 0 Å². The topological polar surface area (TPSA) is 12.0 Å². The molecule has 0 aliphatic heterocycles. The Bertz CT molecular complexity index is 373. The number of nitrogens with one attached hydrogen (secondary N) is 1. The van der Waals surface area contributed by atoms with Crippen molar-refractivity contribution < 1.29 is 0 Å². The molecule has 1 N–H and O–H groups in total. The fraction of sp³-hybridized carbons (Fsp3) is 0.647. The summed E-state index contributed by atoms with van der Waals surface area (Å²) in [6.45, 7) is 4.70. The van der Waals surface area contributed by atoms with Crippen molar-refractivity contribution in [3.63, 3.8) is 0 Å². The Hall–Kier alpha value is -0.530. The van der Waals surface area contributed by atoms with Crippen molar-refractivity contribution in [2.75, 3.05) is 0 Å². The molecule has 0 heterocycles. The first-order valence-electron chi connectivity index (χ1n) is 7.65. The Balaban J connectivity index is 1.85. The number of rotatable bonds is 4. The van der Waals surface area contributed by atoms with Gasteiger partial charge in [0.05, 0.1) is 0 Å². The van der Waals surface area contributed by atoms with Crippen LogP contribution in [0.4, 0.5) is 0 Å². The molecule has 0 spiro atoms. The molecule has 0 bridgehead atoms. The van der Waals surface area contributed by atoms with Crippen LogP contribution < -0.4 is 5.32 Å². The van der Waals surface area contributed by atoms with Crippen molar-refractivity contribution in [2.24, 2.45) is 5.92 Å². The lowest BCUT2D eigenvalue weighted by atomic mass is 9.95. The lowest BCUT2D eigenvalue weighted by Crippen LogP contribution is -2.41. The van der Waals surface area contributed by atoms with Gasteiger partial charge in [-0.05, 0) is 49.8 Å². The maximum atomic E-state index is 5.93. The third kappa shape index (κ3) is 4.81. The van der Waals surface area contributed by atoms with Gasteiger partial charge in [-0.3, -0.25) is 0 Å². The van der Waals surface area contributed by atoms with Gasteiger partial charge in [0.2, 0.25) is 0 Å². The first kappa shape index (κ1) is 14.9. The van der Waals surface area contributed by atoms with Crippen molar-refractivity contribution in [3.8, 4) is 0 Å². The Morgan fingerprint density at radius 3 is 2.58 bits per heavy atom.